The number of aromatic nitrogens is 1. The largest absolute Gasteiger partial charge is 0.475 e. The van der Waals surface area contributed by atoms with E-state index >= 15 is 0 Å². The molecule has 0 saturated heterocycles. The van der Waals surface area contributed by atoms with Crippen molar-refractivity contribution in [2.75, 3.05) is 4.72 Å². The molecular weight excluding hydrogens is 352 g/mol. The molecule has 0 atom stereocenters. The second-order valence-corrected chi connectivity index (χ2v) is 6.22. The van der Waals surface area contributed by atoms with Gasteiger partial charge in [0.05, 0.1) is 11.4 Å². The zero-order valence-corrected chi connectivity index (χ0v) is 12.5. The van der Waals surface area contributed by atoms with Gasteiger partial charge >= 0.3 is 5.97 Å². The Bertz CT molecular complexity index is 769. The molecule has 0 bridgehead atoms. The van der Waals surface area contributed by atoms with E-state index in [1.165, 1.54) is 6.07 Å². The van der Waals surface area contributed by atoms with Gasteiger partial charge in [0.1, 0.15) is 4.60 Å². The van der Waals surface area contributed by atoms with Gasteiger partial charge in [-0.15, -0.1) is 0 Å². The maximum absolute atomic E-state index is 12.0. The Morgan fingerprint density at radius 3 is 2.60 bits per heavy atom. The third-order valence-corrected chi connectivity index (χ3v) is 4.03. The van der Waals surface area contributed by atoms with Gasteiger partial charge in [-0.25, -0.2) is 9.78 Å². The van der Waals surface area contributed by atoms with Crippen LogP contribution in [0.5, 0.6) is 0 Å². The molecule has 0 radical (unpaired) electrons. The lowest BCUT2D eigenvalue weighted by molar-refractivity contribution is 0.0656. The van der Waals surface area contributed by atoms with Crippen molar-refractivity contribution in [2.24, 2.45) is 0 Å². The predicted octanol–water partition coefficient (Wildman–Crippen LogP) is 2.24. The van der Waals surface area contributed by atoms with Gasteiger partial charge in [0, 0.05) is 0 Å². The van der Waals surface area contributed by atoms with Gasteiger partial charge in [0.25, 0.3) is 10.0 Å². The van der Waals surface area contributed by atoms with Gasteiger partial charge in [-0.05, 0) is 47.1 Å². The highest BCUT2D eigenvalue weighted by Crippen LogP contribution is 2.21. The molecule has 20 heavy (non-hydrogen) atoms. The number of hydrogen-bond acceptors (Lipinski definition) is 5. The normalized spacial score (nSPS) is 11.3. The minimum Gasteiger partial charge on any atom is -0.475 e. The molecule has 9 heteroatoms. The number of rotatable bonds is 4. The average molecular weight is 361 g/mol. The zero-order valence-electron chi connectivity index (χ0n) is 10.1. The van der Waals surface area contributed by atoms with Gasteiger partial charge in [-0.1, -0.05) is 0 Å². The van der Waals surface area contributed by atoms with Gasteiger partial charge in [-0.3, -0.25) is 4.72 Å². The Balaban J connectivity index is 2.33. The van der Waals surface area contributed by atoms with E-state index < -0.39 is 26.8 Å². The maximum Gasteiger partial charge on any atom is 0.371 e. The summed E-state index contributed by atoms with van der Waals surface area (Å²) in [6.07, 6.45) is 0. The molecule has 0 aromatic carbocycles. The first-order valence-corrected chi connectivity index (χ1v) is 7.56. The molecule has 2 heterocycles. The van der Waals surface area contributed by atoms with Crippen LogP contribution < -0.4 is 4.72 Å². The van der Waals surface area contributed by atoms with E-state index in [1.807, 2.05) is 0 Å². The minimum atomic E-state index is -4.00. The fraction of sp³-hybridized carbons (Fsp3) is 0.0909. The van der Waals surface area contributed by atoms with Crippen molar-refractivity contribution in [1.82, 2.24) is 4.98 Å². The SMILES string of the molecule is Cc1nc(Br)ccc1NS(=O)(=O)c1ccc(C(=O)O)o1. The third-order valence-electron chi connectivity index (χ3n) is 2.35. The molecule has 0 spiro atoms. The van der Waals surface area contributed by atoms with Crippen LogP contribution in [0.4, 0.5) is 5.69 Å². The van der Waals surface area contributed by atoms with Gasteiger partial charge in [0.2, 0.25) is 10.9 Å². The third kappa shape index (κ3) is 2.99. The first-order chi connectivity index (χ1) is 9.29. The van der Waals surface area contributed by atoms with Crippen molar-refractivity contribution in [3.05, 3.63) is 40.3 Å². The average Bonchev–Trinajstić information content (AvgIpc) is 2.83. The first kappa shape index (κ1) is 14.5. The molecule has 2 aromatic rings. The molecule has 0 aliphatic heterocycles. The Morgan fingerprint density at radius 2 is 2.05 bits per heavy atom. The van der Waals surface area contributed by atoms with E-state index in [0.717, 1.165) is 12.1 Å². The number of aryl methyl sites for hydroxylation is 1. The number of carboxylic acid groups (broad SMARTS) is 1. The Labute approximate surface area is 122 Å². The molecule has 7 nitrogen and oxygen atoms in total. The molecule has 2 aromatic heterocycles. The number of carbonyl (C=O) groups is 1. The number of furan rings is 1. The van der Waals surface area contributed by atoms with Crippen LogP contribution in [0.15, 0.2) is 38.4 Å². The van der Waals surface area contributed by atoms with E-state index in [2.05, 4.69) is 25.6 Å². The number of aromatic carboxylic acids is 1. The van der Waals surface area contributed by atoms with Gasteiger partial charge < -0.3 is 9.52 Å². The summed E-state index contributed by atoms with van der Waals surface area (Å²) in [4.78, 5) is 14.7. The van der Waals surface area contributed by atoms with Crippen LogP contribution in [0, 0.1) is 6.92 Å². The van der Waals surface area contributed by atoms with Crippen LogP contribution in [0.1, 0.15) is 16.2 Å². The van der Waals surface area contributed by atoms with Gasteiger partial charge in [-0.2, -0.15) is 8.42 Å². The summed E-state index contributed by atoms with van der Waals surface area (Å²) in [6, 6.07) is 5.26. The number of nitrogens with one attached hydrogen (secondary N) is 1. The van der Waals surface area contributed by atoms with Crippen molar-refractivity contribution < 1.29 is 22.7 Å². The van der Waals surface area contributed by atoms with E-state index in [9.17, 15) is 13.2 Å². The van der Waals surface area contributed by atoms with Crippen molar-refractivity contribution in [1.29, 1.82) is 0 Å². The molecule has 0 unspecified atom stereocenters. The quantitative estimate of drug-likeness (QED) is 0.809. The second kappa shape index (κ2) is 5.25. The lowest BCUT2D eigenvalue weighted by atomic mass is 10.3. The van der Waals surface area contributed by atoms with E-state index in [4.69, 9.17) is 9.52 Å². The number of carboxylic acids is 1. The standard InChI is InChI=1S/C11H9BrN2O5S/c1-6-7(2-4-9(12)13-6)14-20(17,18)10-5-3-8(19-10)11(15)16/h2-5,14H,1H3,(H,15,16). The highest BCUT2D eigenvalue weighted by Gasteiger charge is 2.21. The summed E-state index contributed by atoms with van der Waals surface area (Å²) >= 11 is 3.17. The fourth-order valence-corrected chi connectivity index (χ4v) is 2.86. The molecule has 0 aliphatic carbocycles. The summed E-state index contributed by atoms with van der Waals surface area (Å²) in [5.41, 5.74) is 0.745. The van der Waals surface area contributed by atoms with Crippen molar-refractivity contribution in [2.45, 2.75) is 12.0 Å². The van der Waals surface area contributed by atoms with Crippen LogP contribution in [0.25, 0.3) is 0 Å². The topological polar surface area (TPSA) is 110 Å². The lowest BCUT2D eigenvalue weighted by Crippen LogP contribution is -2.13. The smallest absolute Gasteiger partial charge is 0.371 e. The Hall–Kier alpha value is -1.87. The van der Waals surface area contributed by atoms with Crippen LogP contribution in [-0.4, -0.2) is 24.5 Å². The molecule has 0 fully saturated rings. The van der Waals surface area contributed by atoms with Crippen LogP contribution >= 0.6 is 15.9 Å². The number of nitrogens with zero attached hydrogens (tertiary/aromatic N) is 1. The molecule has 0 saturated carbocycles. The number of sulfonamides is 1. The summed E-state index contributed by atoms with van der Waals surface area (Å²) in [5.74, 6) is -1.79. The molecule has 0 aliphatic rings. The van der Waals surface area contributed by atoms with Crippen LogP contribution in [-0.2, 0) is 10.0 Å². The maximum atomic E-state index is 12.0. The number of halogens is 1. The van der Waals surface area contributed by atoms with Crippen LogP contribution in [0.2, 0.25) is 0 Å². The zero-order chi connectivity index (χ0) is 14.9. The lowest BCUT2D eigenvalue weighted by Gasteiger charge is -2.08. The summed E-state index contributed by atoms with van der Waals surface area (Å²) in [7, 11) is -4.00. The Kier molecular flexibility index (Phi) is 3.82. The van der Waals surface area contributed by atoms with Crippen molar-refractivity contribution >= 4 is 37.6 Å². The molecule has 106 valence electrons. The summed E-state index contributed by atoms with van der Waals surface area (Å²) in [6.45, 7) is 1.63. The Morgan fingerprint density at radius 1 is 1.35 bits per heavy atom. The second-order valence-electron chi connectivity index (χ2n) is 3.80. The molecule has 2 N–H and O–H groups in total. The number of hydrogen-bond donors (Lipinski definition) is 2. The highest BCUT2D eigenvalue weighted by atomic mass is 79.9. The number of anilines is 1. The van der Waals surface area contributed by atoms with Crippen molar-refractivity contribution in [3.63, 3.8) is 0 Å². The summed E-state index contributed by atoms with van der Waals surface area (Å²) < 4.78 is 31.7. The predicted molar refractivity (Wildman–Crippen MR) is 73.1 cm³/mol. The number of pyridine rings is 1. The van der Waals surface area contributed by atoms with Crippen LogP contribution in [0.3, 0.4) is 0 Å². The monoisotopic (exact) mass is 360 g/mol. The minimum absolute atomic E-state index is 0.279. The van der Waals surface area contributed by atoms with E-state index in [1.54, 1.807) is 13.0 Å². The molecular formula is C11H9BrN2O5S. The van der Waals surface area contributed by atoms with E-state index in [0.29, 0.717) is 10.3 Å². The van der Waals surface area contributed by atoms with Crippen molar-refractivity contribution in [3.8, 4) is 0 Å². The van der Waals surface area contributed by atoms with E-state index in [-0.39, 0.29) is 5.69 Å². The summed E-state index contributed by atoms with van der Waals surface area (Å²) in [5, 5.41) is 8.23. The first-order valence-electron chi connectivity index (χ1n) is 5.29. The molecule has 2 rings (SSSR count). The van der Waals surface area contributed by atoms with Gasteiger partial charge in [0.15, 0.2) is 0 Å². The fourth-order valence-electron chi connectivity index (χ4n) is 1.41. The molecule has 0 amide bonds. The highest BCUT2D eigenvalue weighted by molar-refractivity contribution is 9.10.